The molecule has 0 aliphatic rings. The molecule has 1 aromatic rings. The largest absolute Gasteiger partial charge is 0.381 e. The predicted molar refractivity (Wildman–Crippen MR) is 77.6 cm³/mol. The number of hydrogen-bond acceptors (Lipinski definition) is 4. The van der Waals surface area contributed by atoms with Crippen molar-refractivity contribution in [1.29, 1.82) is 0 Å². The van der Waals surface area contributed by atoms with Gasteiger partial charge in [-0.15, -0.1) is 0 Å². The standard InChI is InChI=1S/C15H26N2O3/c1-11(2)10-19-9-5-8-16-15(18)7-6-14-12(3)17-20-13(14)4/h11H,5-10H2,1-4H3,(H,16,18). The van der Waals surface area contributed by atoms with Crippen LogP contribution in [0.25, 0.3) is 0 Å². The highest BCUT2D eigenvalue weighted by Gasteiger charge is 2.10. The molecule has 1 N–H and O–H groups in total. The minimum Gasteiger partial charge on any atom is -0.381 e. The van der Waals surface area contributed by atoms with Gasteiger partial charge >= 0.3 is 0 Å². The molecule has 20 heavy (non-hydrogen) atoms. The van der Waals surface area contributed by atoms with Crippen LogP contribution in [0, 0.1) is 19.8 Å². The summed E-state index contributed by atoms with van der Waals surface area (Å²) in [6.07, 6.45) is 2.00. The molecule has 0 spiro atoms. The lowest BCUT2D eigenvalue weighted by Crippen LogP contribution is -2.25. The number of hydrogen-bond donors (Lipinski definition) is 1. The van der Waals surface area contributed by atoms with Gasteiger partial charge in [-0.1, -0.05) is 19.0 Å². The van der Waals surface area contributed by atoms with Gasteiger partial charge in [-0.25, -0.2) is 0 Å². The Bertz CT molecular complexity index is 394. The minimum absolute atomic E-state index is 0.0638. The predicted octanol–water partition coefficient (Wildman–Crippen LogP) is 2.40. The molecule has 0 saturated heterocycles. The summed E-state index contributed by atoms with van der Waals surface area (Å²) in [5.41, 5.74) is 1.91. The first-order chi connectivity index (χ1) is 9.50. The third kappa shape index (κ3) is 6.19. The zero-order valence-corrected chi connectivity index (χ0v) is 13.0. The summed E-state index contributed by atoms with van der Waals surface area (Å²) in [5, 5.41) is 6.78. The van der Waals surface area contributed by atoms with E-state index < -0.39 is 0 Å². The van der Waals surface area contributed by atoms with Crippen molar-refractivity contribution in [3.8, 4) is 0 Å². The number of ether oxygens (including phenoxy) is 1. The van der Waals surface area contributed by atoms with Gasteiger partial charge in [0.2, 0.25) is 5.91 Å². The Balaban J connectivity index is 2.09. The van der Waals surface area contributed by atoms with Crippen LogP contribution in [0.4, 0.5) is 0 Å². The van der Waals surface area contributed by atoms with Gasteiger partial charge in [0.05, 0.1) is 5.69 Å². The molecule has 0 bridgehead atoms. The van der Waals surface area contributed by atoms with Crippen molar-refractivity contribution in [2.24, 2.45) is 5.92 Å². The summed E-state index contributed by atoms with van der Waals surface area (Å²) in [6, 6.07) is 0. The molecule has 114 valence electrons. The van der Waals surface area contributed by atoms with Crippen LogP contribution in [0.1, 0.15) is 43.7 Å². The highest BCUT2D eigenvalue weighted by molar-refractivity contribution is 5.76. The monoisotopic (exact) mass is 282 g/mol. The number of aryl methyl sites for hydroxylation is 2. The highest BCUT2D eigenvalue weighted by Crippen LogP contribution is 2.13. The molecule has 1 rings (SSSR count). The first kappa shape index (κ1) is 16.7. The van der Waals surface area contributed by atoms with Crippen LogP contribution in [0.3, 0.4) is 0 Å². The molecule has 1 amide bonds. The van der Waals surface area contributed by atoms with E-state index in [2.05, 4.69) is 24.3 Å². The summed E-state index contributed by atoms with van der Waals surface area (Å²) in [7, 11) is 0. The molecule has 0 aliphatic heterocycles. The van der Waals surface area contributed by atoms with E-state index in [1.807, 2.05) is 13.8 Å². The zero-order valence-electron chi connectivity index (χ0n) is 13.0. The molecule has 0 radical (unpaired) electrons. The number of aromatic nitrogens is 1. The number of amides is 1. The van der Waals surface area contributed by atoms with E-state index in [0.29, 0.717) is 31.9 Å². The Hall–Kier alpha value is -1.36. The van der Waals surface area contributed by atoms with E-state index in [0.717, 1.165) is 30.0 Å². The molecule has 0 aromatic carbocycles. The molecular formula is C15H26N2O3. The maximum absolute atomic E-state index is 11.7. The van der Waals surface area contributed by atoms with E-state index in [1.54, 1.807) is 0 Å². The van der Waals surface area contributed by atoms with Gasteiger partial charge in [0.15, 0.2) is 0 Å². The number of carbonyl (C=O) groups excluding carboxylic acids is 1. The van der Waals surface area contributed by atoms with E-state index in [-0.39, 0.29) is 5.91 Å². The Morgan fingerprint density at radius 2 is 2.15 bits per heavy atom. The normalized spacial score (nSPS) is 11.1. The lowest BCUT2D eigenvalue weighted by atomic mass is 10.1. The van der Waals surface area contributed by atoms with Crippen LogP contribution < -0.4 is 5.32 Å². The van der Waals surface area contributed by atoms with Crippen LogP contribution in [-0.2, 0) is 16.0 Å². The molecule has 0 unspecified atom stereocenters. The summed E-state index contributed by atoms with van der Waals surface area (Å²) in [6.45, 7) is 10.2. The molecule has 0 atom stereocenters. The Labute approximate surface area is 121 Å². The molecule has 5 nitrogen and oxygen atoms in total. The third-order valence-corrected chi connectivity index (χ3v) is 3.02. The quantitative estimate of drug-likeness (QED) is 0.706. The van der Waals surface area contributed by atoms with Gasteiger partial charge in [0, 0.05) is 31.7 Å². The van der Waals surface area contributed by atoms with Gasteiger partial charge < -0.3 is 14.6 Å². The van der Waals surface area contributed by atoms with Crippen LogP contribution in [-0.4, -0.2) is 30.8 Å². The van der Waals surface area contributed by atoms with E-state index in [1.165, 1.54) is 0 Å². The van der Waals surface area contributed by atoms with Gasteiger partial charge in [0.1, 0.15) is 5.76 Å². The lowest BCUT2D eigenvalue weighted by molar-refractivity contribution is -0.121. The summed E-state index contributed by atoms with van der Waals surface area (Å²) < 4.78 is 10.5. The second-order valence-electron chi connectivity index (χ2n) is 5.47. The van der Waals surface area contributed by atoms with E-state index in [9.17, 15) is 4.79 Å². The number of nitrogens with zero attached hydrogens (tertiary/aromatic N) is 1. The third-order valence-electron chi connectivity index (χ3n) is 3.02. The van der Waals surface area contributed by atoms with E-state index >= 15 is 0 Å². The van der Waals surface area contributed by atoms with Crippen molar-refractivity contribution < 1.29 is 14.1 Å². The fraction of sp³-hybridized carbons (Fsp3) is 0.733. The molecule has 0 saturated carbocycles. The number of carbonyl (C=O) groups is 1. The number of rotatable bonds is 9. The summed E-state index contributed by atoms with van der Waals surface area (Å²) >= 11 is 0. The van der Waals surface area contributed by atoms with Crippen molar-refractivity contribution in [3.63, 3.8) is 0 Å². The van der Waals surface area contributed by atoms with Crippen LogP contribution >= 0.6 is 0 Å². The summed E-state index contributed by atoms with van der Waals surface area (Å²) in [5.74, 6) is 1.42. The Morgan fingerprint density at radius 1 is 1.40 bits per heavy atom. The zero-order chi connectivity index (χ0) is 15.0. The van der Waals surface area contributed by atoms with Crippen molar-refractivity contribution in [2.75, 3.05) is 19.8 Å². The van der Waals surface area contributed by atoms with Crippen molar-refractivity contribution in [3.05, 3.63) is 17.0 Å². The molecule has 0 fully saturated rings. The second kappa shape index (κ2) is 8.74. The maximum Gasteiger partial charge on any atom is 0.220 e. The molecule has 1 aromatic heterocycles. The molecule has 0 aliphatic carbocycles. The Kier molecular flexibility index (Phi) is 7.30. The van der Waals surface area contributed by atoms with Crippen molar-refractivity contribution in [2.45, 2.75) is 47.0 Å². The van der Waals surface area contributed by atoms with Gasteiger partial charge in [-0.3, -0.25) is 4.79 Å². The molecular weight excluding hydrogens is 256 g/mol. The lowest BCUT2D eigenvalue weighted by Gasteiger charge is -2.07. The second-order valence-corrected chi connectivity index (χ2v) is 5.47. The fourth-order valence-electron chi connectivity index (χ4n) is 1.91. The fourth-order valence-corrected chi connectivity index (χ4v) is 1.91. The van der Waals surface area contributed by atoms with Crippen molar-refractivity contribution >= 4 is 5.91 Å². The van der Waals surface area contributed by atoms with Gasteiger partial charge in [-0.05, 0) is 32.6 Å². The maximum atomic E-state index is 11.7. The minimum atomic E-state index is 0.0638. The van der Waals surface area contributed by atoms with E-state index in [4.69, 9.17) is 9.26 Å². The highest BCUT2D eigenvalue weighted by atomic mass is 16.5. The van der Waals surface area contributed by atoms with Gasteiger partial charge in [0.25, 0.3) is 0 Å². The Morgan fingerprint density at radius 3 is 2.75 bits per heavy atom. The topological polar surface area (TPSA) is 64.4 Å². The van der Waals surface area contributed by atoms with Crippen LogP contribution in [0.2, 0.25) is 0 Å². The summed E-state index contributed by atoms with van der Waals surface area (Å²) in [4.78, 5) is 11.7. The molecule has 1 heterocycles. The average molecular weight is 282 g/mol. The SMILES string of the molecule is Cc1noc(C)c1CCC(=O)NCCCOCC(C)C. The first-order valence-corrected chi connectivity index (χ1v) is 7.27. The molecule has 5 heteroatoms. The number of nitrogens with one attached hydrogen (secondary N) is 1. The van der Waals surface area contributed by atoms with Crippen molar-refractivity contribution in [1.82, 2.24) is 10.5 Å². The van der Waals surface area contributed by atoms with Crippen LogP contribution in [0.5, 0.6) is 0 Å². The smallest absolute Gasteiger partial charge is 0.220 e. The van der Waals surface area contributed by atoms with Crippen LogP contribution in [0.15, 0.2) is 4.52 Å². The van der Waals surface area contributed by atoms with Gasteiger partial charge in [-0.2, -0.15) is 0 Å². The first-order valence-electron chi connectivity index (χ1n) is 7.27. The average Bonchev–Trinajstić information content (AvgIpc) is 2.70.